The van der Waals surface area contributed by atoms with Gasteiger partial charge in [-0.1, -0.05) is 63.9 Å². The number of guanidine groups is 1. The summed E-state index contributed by atoms with van der Waals surface area (Å²) in [4.78, 5) is 8.77. The first-order valence-electron chi connectivity index (χ1n) is 11.0. The summed E-state index contributed by atoms with van der Waals surface area (Å²) in [7, 11) is 1.80. The van der Waals surface area contributed by atoms with Crippen LogP contribution in [0, 0.1) is 0 Å². The van der Waals surface area contributed by atoms with Gasteiger partial charge in [0.15, 0.2) is 5.96 Å². The van der Waals surface area contributed by atoms with E-state index in [9.17, 15) is 0 Å². The van der Waals surface area contributed by atoms with E-state index in [1.807, 2.05) is 6.20 Å². The maximum atomic E-state index is 5.87. The quantitative estimate of drug-likeness (QED) is 0.265. The van der Waals surface area contributed by atoms with Crippen molar-refractivity contribution in [3.05, 3.63) is 53.7 Å². The minimum atomic E-state index is -0.0405. The van der Waals surface area contributed by atoms with Crippen molar-refractivity contribution in [1.29, 1.82) is 0 Å². The molecule has 1 aromatic carbocycles. The van der Waals surface area contributed by atoms with E-state index in [1.165, 1.54) is 31.2 Å². The van der Waals surface area contributed by atoms with Crippen molar-refractivity contribution in [2.24, 2.45) is 4.99 Å². The second-order valence-electron chi connectivity index (χ2n) is 9.41. The van der Waals surface area contributed by atoms with Gasteiger partial charge >= 0.3 is 0 Å². The highest BCUT2D eigenvalue weighted by Crippen LogP contribution is 2.32. The summed E-state index contributed by atoms with van der Waals surface area (Å²) < 4.78 is 5.87. The number of rotatable bonds is 7. The molecule has 1 aromatic heterocycles. The molecule has 0 spiro atoms. The zero-order valence-corrected chi connectivity index (χ0v) is 21.8. The van der Waals surface area contributed by atoms with Gasteiger partial charge in [0.05, 0.1) is 12.7 Å². The molecule has 0 saturated heterocycles. The SMILES string of the molecule is CN=C(NCc1ncc(C(C)(C)C)o1)NCC1(NC(C)c2ccccc2)CCCC1.I. The molecule has 1 heterocycles. The number of hydrogen-bond donors (Lipinski definition) is 3. The lowest BCUT2D eigenvalue weighted by Crippen LogP contribution is -2.54. The second-order valence-corrected chi connectivity index (χ2v) is 9.41. The van der Waals surface area contributed by atoms with Gasteiger partial charge in [-0.15, -0.1) is 24.0 Å². The summed E-state index contributed by atoms with van der Waals surface area (Å²) in [5.41, 5.74) is 1.36. The maximum absolute atomic E-state index is 5.87. The molecule has 3 N–H and O–H groups in total. The van der Waals surface area contributed by atoms with Crippen LogP contribution in [0.15, 0.2) is 45.9 Å². The second kappa shape index (κ2) is 11.3. The van der Waals surface area contributed by atoms with Crippen LogP contribution in [0.1, 0.15) is 76.6 Å². The molecule has 1 unspecified atom stereocenters. The maximum Gasteiger partial charge on any atom is 0.213 e. The summed E-state index contributed by atoms with van der Waals surface area (Å²) in [6.07, 6.45) is 6.67. The van der Waals surface area contributed by atoms with Crippen LogP contribution in [0.2, 0.25) is 0 Å². The molecular weight excluding hydrogens is 501 g/mol. The molecule has 0 radical (unpaired) electrons. The van der Waals surface area contributed by atoms with Crippen molar-refractivity contribution >= 4 is 29.9 Å². The summed E-state index contributed by atoms with van der Waals surface area (Å²) in [6.45, 7) is 9.96. The van der Waals surface area contributed by atoms with E-state index in [4.69, 9.17) is 4.42 Å². The number of benzene rings is 1. The zero-order chi connectivity index (χ0) is 21.6. The first-order valence-corrected chi connectivity index (χ1v) is 11.0. The Morgan fingerprint density at radius 1 is 1.16 bits per heavy atom. The average Bonchev–Trinajstić information content (AvgIpc) is 3.39. The summed E-state index contributed by atoms with van der Waals surface area (Å²) in [6, 6.07) is 11.0. The third-order valence-electron chi connectivity index (χ3n) is 5.90. The van der Waals surface area contributed by atoms with Crippen LogP contribution >= 0.6 is 24.0 Å². The third-order valence-corrected chi connectivity index (χ3v) is 5.90. The standard InChI is InChI=1S/C24H37N5O.HI/c1-18(19-11-7-6-8-12-19)29-24(13-9-10-14-24)17-28-22(25-5)27-16-21-26-15-20(30-21)23(2,3)4;/h6-8,11-12,15,18,29H,9-10,13-14,16-17H2,1-5H3,(H2,25,27,28);1H. The monoisotopic (exact) mass is 539 g/mol. The molecule has 7 heteroatoms. The Hall–Kier alpha value is -1.61. The van der Waals surface area contributed by atoms with Gasteiger partial charge < -0.3 is 20.4 Å². The average molecular weight is 540 g/mol. The Kier molecular flexibility index (Phi) is 9.36. The van der Waals surface area contributed by atoms with Crippen LogP contribution in [0.25, 0.3) is 0 Å². The van der Waals surface area contributed by atoms with E-state index in [2.05, 4.69) is 84.0 Å². The molecule has 3 rings (SSSR count). The molecule has 0 amide bonds. The first-order chi connectivity index (χ1) is 14.3. The van der Waals surface area contributed by atoms with Crippen LogP contribution in [0.3, 0.4) is 0 Å². The molecule has 0 aliphatic heterocycles. The molecular formula is C24H38IN5O. The lowest BCUT2D eigenvalue weighted by atomic mass is 9.94. The first kappa shape index (κ1) is 25.6. The highest BCUT2D eigenvalue weighted by atomic mass is 127. The van der Waals surface area contributed by atoms with Gasteiger partial charge in [0.25, 0.3) is 0 Å². The fourth-order valence-corrected chi connectivity index (χ4v) is 4.08. The van der Waals surface area contributed by atoms with E-state index in [0.717, 1.165) is 18.3 Å². The van der Waals surface area contributed by atoms with Gasteiger partial charge in [-0.2, -0.15) is 0 Å². The van der Waals surface area contributed by atoms with Crippen LogP contribution < -0.4 is 16.0 Å². The van der Waals surface area contributed by atoms with E-state index >= 15 is 0 Å². The van der Waals surface area contributed by atoms with Crippen LogP contribution in [0.5, 0.6) is 0 Å². The predicted molar refractivity (Wildman–Crippen MR) is 138 cm³/mol. The zero-order valence-electron chi connectivity index (χ0n) is 19.5. The number of hydrogen-bond acceptors (Lipinski definition) is 4. The molecule has 0 bridgehead atoms. The molecule has 31 heavy (non-hydrogen) atoms. The van der Waals surface area contributed by atoms with E-state index in [1.54, 1.807) is 7.05 Å². The number of aliphatic imine (C=N–C) groups is 1. The summed E-state index contributed by atoms with van der Waals surface area (Å²) >= 11 is 0. The largest absolute Gasteiger partial charge is 0.443 e. The highest BCUT2D eigenvalue weighted by molar-refractivity contribution is 14.0. The van der Waals surface area contributed by atoms with Crippen LogP contribution in [-0.4, -0.2) is 30.1 Å². The lowest BCUT2D eigenvalue weighted by molar-refractivity contribution is 0.297. The lowest BCUT2D eigenvalue weighted by Gasteiger charge is -2.34. The van der Waals surface area contributed by atoms with Crippen molar-refractivity contribution < 1.29 is 4.42 Å². The van der Waals surface area contributed by atoms with Gasteiger partial charge in [-0.3, -0.25) is 4.99 Å². The van der Waals surface area contributed by atoms with E-state index in [0.29, 0.717) is 18.5 Å². The molecule has 1 atom stereocenters. The minimum absolute atomic E-state index is 0. The highest BCUT2D eigenvalue weighted by Gasteiger charge is 2.35. The fourth-order valence-electron chi connectivity index (χ4n) is 4.08. The van der Waals surface area contributed by atoms with Crippen molar-refractivity contribution in [1.82, 2.24) is 20.9 Å². The van der Waals surface area contributed by atoms with Crippen molar-refractivity contribution in [2.75, 3.05) is 13.6 Å². The topological polar surface area (TPSA) is 74.5 Å². The van der Waals surface area contributed by atoms with Gasteiger partial charge in [0.1, 0.15) is 5.76 Å². The number of nitrogens with zero attached hydrogens (tertiary/aromatic N) is 2. The van der Waals surface area contributed by atoms with E-state index in [-0.39, 0.29) is 34.9 Å². The molecule has 1 fully saturated rings. The van der Waals surface area contributed by atoms with Crippen LogP contribution in [0.4, 0.5) is 0 Å². The van der Waals surface area contributed by atoms with Gasteiger partial charge in [0.2, 0.25) is 5.89 Å². The molecule has 172 valence electrons. The van der Waals surface area contributed by atoms with Crippen molar-refractivity contribution in [3.8, 4) is 0 Å². The molecule has 1 aliphatic carbocycles. The Morgan fingerprint density at radius 3 is 2.42 bits per heavy atom. The fraction of sp³-hybridized carbons (Fsp3) is 0.583. The number of aromatic nitrogens is 1. The number of nitrogens with one attached hydrogen (secondary N) is 3. The van der Waals surface area contributed by atoms with Crippen molar-refractivity contribution in [3.63, 3.8) is 0 Å². The molecule has 1 saturated carbocycles. The van der Waals surface area contributed by atoms with E-state index < -0.39 is 0 Å². The Balaban J connectivity index is 0.00000341. The van der Waals surface area contributed by atoms with Gasteiger partial charge in [-0.25, -0.2) is 4.98 Å². The van der Waals surface area contributed by atoms with Crippen molar-refractivity contribution in [2.45, 2.75) is 76.9 Å². The molecule has 2 aromatic rings. The van der Waals surface area contributed by atoms with Gasteiger partial charge in [0, 0.05) is 30.6 Å². The number of halogens is 1. The van der Waals surface area contributed by atoms with Gasteiger partial charge in [-0.05, 0) is 25.3 Å². The smallest absolute Gasteiger partial charge is 0.213 e. The predicted octanol–water partition coefficient (Wildman–Crippen LogP) is 4.92. The summed E-state index contributed by atoms with van der Waals surface area (Å²) in [5.74, 6) is 2.34. The molecule has 1 aliphatic rings. The Bertz CT molecular complexity index is 822. The van der Waals surface area contributed by atoms with Crippen LogP contribution in [-0.2, 0) is 12.0 Å². The molecule has 6 nitrogen and oxygen atoms in total. The normalized spacial score (nSPS) is 17.1. The summed E-state index contributed by atoms with van der Waals surface area (Å²) in [5, 5.41) is 10.8. The Morgan fingerprint density at radius 2 is 1.84 bits per heavy atom. The minimum Gasteiger partial charge on any atom is -0.443 e. The third kappa shape index (κ3) is 7.20. The number of oxazole rings is 1. The Labute approximate surface area is 204 Å².